The van der Waals surface area contributed by atoms with Gasteiger partial charge in [-0.15, -0.1) is 0 Å². The van der Waals surface area contributed by atoms with Crippen LogP contribution in [0.1, 0.15) is 5.56 Å². The number of fused-ring (bicyclic) bond motifs is 1. The number of phenols is 1. The number of nitrogens with one attached hydrogen (secondary N) is 2. The molecule has 5 nitrogen and oxygen atoms in total. The van der Waals surface area contributed by atoms with Gasteiger partial charge >= 0.3 is 0 Å². The van der Waals surface area contributed by atoms with Gasteiger partial charge in [-0.3, -0.25) is 5.43 Å². The Morgan fingerprint density at radius 2 is 2.14 bits per heavy atom. The number of aromatic hydroxyl groups is 1. The molecule has 21 heavy (non-hydrogen) atoms. The molecule has 0 radical (unpaired) electrons. The number of phenolic OH excluding ortho intramolecular Hbond substituents is 1. The zero-order chi connectivity index (χ0) is 15.1. The van der Waals surface area contributed by atoms with E-state index < -0.39 is 0 Å². The van der Waals surface area contributed by atoms with E-state index in [0.29, 0.717) is 23.8 Å². The molecule has 0 bridgehead atoms. The van der Waals surface area contributed by atoms with Crippen molar-refractivity contribution in [1.29, 1.82) is 0 Å². The van der Waals surface area contributed by atoms with Gasteiger partial charge in [0.1, 0.15) is 5.75 Å². The maximum absolute atomic E-state index is 9.96. The third kappa shape index (κ3) is 4.14. The number of thiocarbonyl (C=S) groups is 1. The monoisotopic (exact) mass is 303 g/mol. The number of hydrogen-bond acceptors (Lipinski definition) is 4. The Balaban J connectivity index is 2.07. The summed E-state index contributed by atoms with van der Waals surface area (Å²) in [4.78, 5) is 0. The second-order valence-corrected chi connectivity index (χ2v) is 4.75. The van der Waals surface area contributed by atoms with E-state index in [1.54, 1.807) is 19.4 Å². The highest BCUT2D eigenvalue weighted by atomic mass is 32.1. The quantitative estimate of drug-likeness (QED) is 0.341. The van der Waals surface area contributed by atoms with Gasteiger partial charge in [-0.1, -0.05) is 30.3 Å². The topological polar surface area (TPSA) is 65.9 Å². The molecule has 6 heteroatoms. The lowest BCUT2D eigenvalue weighted by atomic mass is 10.0. The van der Waals surface area contributed by atoms with E-state index in [4.69, 9.17) is 17.0 Å². The molecule has 0 aliphatic rings. The van der Waals surface area contributed by atoms with Crippen LogP contribution in [0.15, 0.2) is 41.5 Å². The molecule has 0 saturated heterocycles. The summed E-state index contributed by atoms with van der Waals surface area (Å²) in [6, 6.07) is 11.3. The molecule has 0 unspecified atom stereocenters. The highest BCUT2D eigenvalue weighted by molar-refractivity contribution is 7.80. The van der Waals surface area contributed by atoms with Gasteiger partial charge in [-0.25, -0.2) is 0 Å². The minimum atomic E-state index is 0.178. The fraction of sp³-hybridized carbons (Fsp3) is 0.200. The van der Waals surface area contributed by atoms with Crippen molar-refractivity contribution in [2.75, 3.05) is 20.3 Å². The van der Waals surface area contributed by atoms with Gasteiger partial charge in [0.15, 0.2) is 5.11 Å². The van der Waals surface area contributed by atoms with E-state index in [1.807, 2.05) is 30.3 Å². The number of methoxy groups -OCH3 is 1. The summed E-state index contributed by atoms with van der Waals surface area (Å²) in [6.07, 6.45) is 1.56. The van der Waals surface area contributed by atoms with Crippen LogP contribution in [0.3, 0.4) is 0 Å². The van der Waals surface area contributed by atoms with Crippen LogP contribution in [0.5, 0.6) is 5.75 Å². The lowest BCUT2D eigenvalue weighted by molar-refractivity contribution is 0.204. The Morgan fingerprint density at radius 3 is 2.95 bits per heavy atom. The van der Waals surface area contributed by atoms with Crippen molar-refractivity contribution in [3.8, 4) is 5.75 Å². The fourth-order valence-corrected chi connectivity index (χ4v) is 2.04. The van der Waals surface area contributed by atoms with Crippen LogP contribution < -0.4 is 10.7 Å². The first-order valence-corrected chi connectivity index (χ1v) is 6.89. The summed E-state index contributed by atoms with van der Waals surface area (Å²) >= 11 is 5.06. The maximum Gasteiger partial charge on any atom is 0.187 e. The molecule has 0 aromatic heterocycles. The summed E-state index contributed by atoms with van der Waals surface area (Å²) in [5.41, 5.74) is 3.36. The summed E-state index contributed by atoms with van der Waals surface area (Å²) < 4.78 is 4.91. The molecule has 2 rings (SSSR count). The predicted molar refractivity (Wildman–Crippen MR) is 88.8 cm³/mol. The summed E-state index contributed by atoms with van der Waals surface area (Å²) in [5.74, 6) is 0.178. The van der Waals surface area contributed by atoms with Gasteiger partial charge in [0.05, 0.1) is 12.8 Å². The van der Waals surface area contributed by atoms with Crippen LogP contribution in [0.25, 0.3) is 10.8 Å². The van der Waals surface area contributed by atoms with E-state index in [9.17, 15) is 5.11 Å². The molecule has 0 heterocycles. The largest absolute Gasteiger partial charge is 0.507 e. The SMILES string of the molecule is COCCNC(=S)N/N=C/c1c(O)ccc2ccccc12. The first-order chi connectivity index (χ1) is 10.2. The van der Waals surface area contributed by atoms with Gasteiger partial charge in [0, 0.05) is 19.2 Å². The highest BCUT2D eigenvalue weighted by Gasteiger charge is 2.04. The lowest BCUT2D eigenvalue weighted by Gasteiger charge is -2.07. The van der Waals surface area contributed by atoms with Crippen LogP contribution in [0.4, 0.5) is 0 Å². The Bertz CT molecular complexity index is 658. The average Bonchev–Trinajstić information content (AvgIpc) is 2.50. The van der Waals surface area contributed by atoms with Crippen LogP contribution in [0.2, 0.25) is 0 Å². The smallest absolute Gasteiger partial charge is 0.187 e. The minimum Gasteiger partial charge on any atom is -0.507 e. The minimum absolute atomic E-state index is 0.178. The van der Waals surface area contributed by atoms with E-state index in [1.165, 1.54) is 0 Å². The van der Waals surface area contributed by atoms with Crippen LogP contribution in [0, 0.1) is 0 Å². The average molecular weight is 303 g/mol. The highest BCUT2D eigenvalue weighted by Crippen LogP contribution is 2.25. The van der Waals surface area contributed by atoms with E-state index in [0.717, 1.165) is 10.8 Å². The van der Waals surface area contributed by atoms with Crippen LogP contribution in [-0.2, 0) is 4.74 Å². The number of benzene rings is 2. The van der Waals surface area contributed by atoms with Gasteiger partial charge in [0.2, 0.25) is 0 Å². The van der Waals surface area contributed by atoms with Crippen molar-refractivity contribution in [3.63, 3.8) is 0 Å². The molecule has 0 saturated carbocycles. The summed E-state index contributed by atoms with van der Waals surface area (Å²) in [7, 11) is 1.62. The molecule has 3 N–H and O–H groups in total. The van der Waals surface area contributed by atoms with Gasteiger partial charge < -0.3 is 15.2 Å². The molecule has 0 fully saturated rings. The van der Waals surface area contributed by atoms with E-state index >= 15 is 0 Å². The van der Waals surface area contributed by atoms with Crippen molar-refractivity contribution in [3.05, 3.63) is 42.0 Å². The second-order valence-electron chi connectivity index (χ2n) is 4.34. The van der Waals surface area contributed by atoms with Crippen LogP contribution >= 0.6 is 12.2 Å². The van der Waals surface area contributed by atoms with Crippen molar-refractivity contribution < 1.29 is 9.84 Å². The first-order valence-electron chi connectivity index (χ1n) is 6.49. The van der Waals surface area contributed by atoms with Gasteiger partial charge in [-0.05, 0) is 29.1 Å². The summed E-state index contributed by atoms with van der Waals surface area (Å²) in [6.45, 7) is 1.17. The molecule has 0 aliphatic heterocycles. The molecule has 2 aromatic carbocycles. The molecule has 0 aliphatic carbocycles. The molecular formula is C15H17N3O2S. The van der Waals surface area contributed by atoms with E-state index in [2.05, 4.69) is 15.8 Å². The third-order valence-electron chi connectivity index (χ3n) is 2.90. The lowest BCUT2D eigenvalue weighted by Crippen LogP contribution is -2.34. The number of hydrazone groups is 1. The van der Waals surface area contributed by atoms with Crippen molar-refractivity contribution in [1.82, 2.24) is 10.7 Å². The van der Waals surface area contributed by atoms with Crippen molar-refractivity contribution >= 4 is 34.3 Å². The summed E-state index contributed by atoms with van der Waals surface area (Å²) in [5, 5.41) is 19.3. The van der Waals surface area contributed by atoms with Gasteiger partial charge in [0.25, 0.3) is 0 Å². The molecular weight excluding hydrogens is 286 g/mol. The predicted octanol–water partition coefficient (Wildman–Crippen LogP) is 1.99. The molecule has 2 aromatic rings. The fourth-order valence-electron chi connectivity index (χ4n) is 1.88. The Morgan fingerprint density at radius 1 is 1.33 bits per heavy atom. The third-order valence-corrected chi connectivity index (χ3v) is 3.13. The standard InChI is InChI=1S/C15H17N3O2S/c1-20-9-8-16-15(21)18-17-10-13-12-5-3-2-4-11(12)6-7-14(13)19/h2-7,10,19H,8-9H2,1H3,(H2,16,18,21)/b17-10+. The molecule has 0 atom stereocenters. The first kappa shape index (κ1) is 15.2. The Hall–Kier alpha value is -2.18. The number of ether oxygens (including phenoxy) is 1. The van der Waals surface area contributed by atoms with Crippen molar-refractivity contribution in [2.45, 2.75) is 0 Å². The Kier molecular flexibility index (Phi) is 5.48. The number of hydrogen-bond donors (Lipinski definition) is 3. The van der Waals surface area contributed by atoms with E-state index in [-0.39, 0.29) is 5.75 Å². The number of nitrogens with zero attached hydrogens (tertiary/aromatic N) is 1. The second kappa shape index (κ2) is 7.56. The van der Waals surface area contributed by atoms with Crippen LogP contribution in [-0.4, -0.2) is 36.7 Å². The zero-order valence-electron chi connectivity index (χ0n) is 11.7. The molecule has 0 spiro atoms. The molecule has 0 amide bonds. The van der Waals surface area contributed by atoms with Gasteiger partial charge in [-0.2, -0.15) is 5.10 Å². The normalized spacial score (nSPS) is 10.9. The van der Waals surface area contributed by atoms with Crippen molar-refractivity contribution in [2.24, 2.45) is 5.10 Å². The number of rotatable bonds is 5. The zero-order valence-corrected chi connectivity index (χ0v) is 12.5. The maximum atomic E-state index is 9.96. The molecule has 110 valence electrons. The Labute approximate surface area is 128 Å².